The van der Waals surface area contributed by atoms with E-state index in [1.54, 1.807) is 0 Å². The first kappa shape index (κ1) is 41.4. The van der Waals surface area contributed by atoms with Crippen molar-refractivity contribution in [2.75, 3.05) is 26.4 Å². The van der Waals surface area contributed by atoms with Gasteiger partial charge in [-0.3, -0.25) is 19.2 Å². The fraction of sp³-hybridized carbons (Fsp3) is 0.789. The Balaban J connectivity index is 2.53. The lowest BCUT2D eigenvalue weighted by Crippen LogP contribution is -2.30. The minimum Gasteiger partial charge on any atom is -0.489 e. The van der Waals surface area contributed by atoms with E-state index in [2.05, 4.69) is 12.2 Å². The van der Waals surface area contributed by atoms with Gasteiger partial charge in [0.25, 0.3) is 0 Å². The van der Waals surface area contributed by atoms with Crippen molar-refractivity contribution in [2.24, 2.45) is 0 Å². The smallest absolute Gasteiger partial charge is 0.305 e. The summed E-state index contributed by atoms with van der Waals surface area (Å²) >= 11 is 0. The van der Waals surface area contributed by atoms with Crippen LogP contribution in [0.1, 0.15) is 168 Å². The van der Waals surface area contributed by atoms with Crippen LogP contribution >= 0.6 is 0 Å². The number of carbonyl (C=O) groups is 4. The van der Waals surface area contributed by atoms with Crippen molar-refractivity contribution in [3.63, 3.8) is 0 Å². The van der Waals surface area contributed by atoms with E-state index in [1.165, 1.54) is 76.7 Å². The second-order valence-corrected chi connectivity index (χ2v) is 12.5. The van der Waals surface area contributed by atoms with Gasteiger partial charge in [-0.25, -0.2) is 0 Å². The van der Waals surface area contributed by atoms with Gasteiger partial charge in [-0.15, -0.1) is 0 Å². The van der Waals surface area contributed by atoms with Crippen molar-refractivity contribution < 1.29 is 33.4 Å². The summed E-state index contributed by atoms with van der Waals surface area (Å²) in [5.74, 6) is -0.996. The van der Waals surface area contributed by atoms with Crippen LogP contribution in [0.25, 0.3) is 0 Å². The Kier molecular flexibility index (Phi) is 25.7. The summed E-state index contributed by atoms with van der Waals surface area (Å²) in [6, 6.07) is 0. The number of carbonyl (C=O) groups excluding carboxylic acids is 4. The Bertz CT molecular complexity index is 924. The second kappa shape index (κ2) is 28.6. The average molecular weight is 648 g/mol. The molecule has 0 saturated heterocycles. The fourth-order valence-electron chi connectivity index (χ4n) is 5.34. The quantitative estimate of drug-likeness (QED) is 0.0451. The number of ketones is 2. The molecule has 1 aliphatic rings. The van der Waals surface area contributed by atoms with Gasteiger partial charge in [0.1, 0.15) is 0 Å². The van der Waals surface area contributed by atoms with Crippen LogP contribution in [0.15, 0.2) is 23.1 Å². The topological polar surface area (TPSA) is 108 Å². The lowest BCUT2D eigenvalue weighted by Gasteiger charge is -2.20. The monoisotopic (exact) mass is 647 g/mol. The zero-order chi connectivity index (χ0) is 33.7. The molecule has 8 heteroatoms. The Morgan fingerprint density at radius 3 is 1.59 bits per heavy atom. The van der Waals surface area contributed by atoms with Crippen molar-refractivity contribution in [3.05, 3.63) is 23.1 Å². The van der Waals surface area contributed by atoms with Crippen LogP contribution in [0.3, 0.4) is 0 Å². The van der Waals surface area contributed by atoms with E-state index in [4.69, 9.17) is 14.2 Å². The molecule has 1 rings (SSSR count). The zero-order valence-corrected chi connectivity index (χ0v) is 29.5. The maximum absolute atomic E-state index is 13.4. The predicted octanol–water partition coefficient (Wildman–Crippen LogP) is 9.00. The van der Waals surface area contributed by atoms with Crippen LogP contribution in [0.4, 0.5) is 0 Å². The summed E-state index contributed by atoms with van der Waals surface area (Å²) in [6.45, 7) is 7.72. The molecule has 0 aromatic carbocycles. The van der Waals surface area contributed by atoms with Gasteiger partial charge in [-0.05, 0) is 38.5 Å². The molecule has 0 atom stereocenters. The predicted molar refractivity (Wildman–Crippen MR) is 184 cm³/mol. The van der Waals surface area contributed by atoms with E-state index >= 15 is 0 Å². The van der Waals surface area contributed by atoms with Crippen molar-refractivity contribution in [2.45, 2.75) is 168 Å². The molecule has 0 unspecified atom stereocenters. The van der Waals surface area contributed by atoms with Gasteiger partial charge in [0.15, 0.2) is 5.76 Å². The van der Waals surface area contributed by atoms with Gasteiger partial charge in [0, 0.05) is 31.0 Å². The van der Waals surface area contributed by atoms with Crippen LogP contribution in [0, 0.1) is 0 Å². The summed E-state index contributed by atoms with van der Waals surface area (Å²) in [4.78, 5) is 50.3. The molecule has 0 radical (unpaired) electrons. The summed E-state index contributed by atoms with van der Waals surface area (Å²) in [6.07, 6.45) is 24.2. The average Bonchev–Trinajstić information content (AvgIpc) is 3.04. The second-order valence-electron chi connectivity index (χ2n) is 12.5. The molecule has 0 bridgehead atoms. The third-order valence-electron chi connectivity index (χ3n) is 8.24. The Morgan fingerprint density at radius 1 is 0.587 bits per heavy atom. The molecular formula is C38H65NO7. The number of ether oxygens (including phenoxy) is 3. The molecule has 0 amide bonds. The molecule has 264 valence electrons. The van der Waals surface area contributed by atoms with Gasteiger partial charge in [-0.1, -0.05) is 117 Å². The highest BCUT2D eigenvalue weighted by molar-refractivity contribution is 6.21. The molecule has 0 aliphatic heterocycles. The number of Topliss-reactive ketones (excluding diaryl/α,β-unsaturated/α-hetero) is 1. The van der Waals surface area contributed by atoms with Gasteiger partial charge in [0.05, 0.1) is 25.5 Å². The zero-order valence-electron chi connectivity index (χ0n) is 29.5. The Hall–Kier alpha value is -2.64. The molecule has 8 nitrogen and oxygen atoms in total. The van der Waals surface area contributed by atoms with Crippen molar-refractivity contribution in [3.8, 4) is 0 Å². The number of nitrogens with one attached hydrogen (secondary N) is 1. The Morgan fingerprint density at radius 2 is 1.07 bits per heavy atom. The van der Waals surface area contributed by atoms with E-state index in [9.17, 15) is 19.2 Å². The van der Waals surface area contributed by atoms with E-state index in [0.717, 1.165) is 44.9 Å². The SMILES string of the molecule is CCCCCCCCCCCCCCCCC1=C(OCCCC(=O)OCCCC)C(=O)C=C(NCCCC(=O)OCCCC)C1=O. The first-order chi connectivity index (χ1) is 22.4. The molecular weight excluding hydrogens is 582 g/mol. The summed E-state index contributed by atoms with van der Waals surface area (Å²) in [5, 5.41) is 3.07. The number of rotatable bonds is 31. The highest BCUT2D eigenvalue weighted by atomic mass is 16.5. The number of allylic oxidation sites excluding steroid dienone is 2. The minimum absolute atomic E-state index is 0.101. The number of hydrogen-bond acceptors (Lipinski definition) is 8. The molecule has 0 saturated carbocycles. The molecule has 0 heterocycles. The highest BCUT2D eigenvalue weighted by Crippen LogP contribution is 2.25. The lowest BCUT2D eigenvalue weighted by atomic mass is 9.93. The number of unbranched alkanes of at least 4 members (excludes halogenated alkanes) is 15. The van der Waals surface area contributed by atoms with Crippen LogP contribution < -0.4 is 5.32 Å². The van der Waals surface area contributed by atoms with Gasteiger partial charge in [-0.2, -0.15) is 0 Å². The first-order valence-corrected chi connectivity index (χ1v) is 18.7. The third kappa shape index (κ3) is 20.5. The summed E-state index contributed by atoms with van der Waals surface area (Å²) in [7, 11) is 0. The van der Waals surface area contributed by atoms with E-state index < -0.39 is 0 Å². The normalized spacial score (nSPS) is 13.2. The summed E-state index contributed by atoms with van der Waals surface area (Å²) in [5.41, 5.74) is 0.648. The van der Waals surface area contributed by atoms with Crippen molar-refractivity contribution in [1.82, 2.24) is 5.32 Å². The van der Waals surface area contributed by atoms with Crippen LogP contribution in [0.5, 0.6) is 0 Å². The summed E-state index contributed by atoms with van der Waals surface area (Å²) < 4.78 is 16.2. The molecule has 1 aliphatic carbocycles. The fourth-order valence-corrected chi connectivity index (χ4v) is 5.34. The van der Waals surface area contributed by atoms with Crippen molar-refractivity contribution in [1.29, 1.82) is 0 Å². The molecule has 0 spiro atoms. The number of hydrogen-bond donors (Lipinski definition) is 1. The van der Waals surface area contributed by atoms with Gasteiger partial charge >= 0.3 is 11.9 Å². The standard InChI is InChI=1S/C38H65NO7/c1-4-7-10-11-12-13-14-15-16-17-18-19-20-21-24-32-37(43)33(39-27-22-25-35(41)44-28-8-5-2)31-34(40)38(32)46-30-23-26-36(42)45-29-9-6-3/h31,39H,4-30H2,1-3H3. The first-order valence-electron chi connectivity index (χ1n) is 18.7. The van der Waals surface area contributed by atoms with E-state index in [1.807, 2.05) is 13.8 Å². The van der Waals surface area contributed by atoms with Crippen molar-refractivity contribution >= 4 is 23.5 Å². The molecule has 46 heavy (non-hydrogen) atoms. The van der Waals surface area contributed by atoms with Crippen LogP contribution in [-0.4, -0.2) is 49.9 Å². The largest absolute Gasteiger partial charge is 0.489 e. The maximum atomic E-state index is 13.4. The van der Waals surface area contributed by atoms with E-state index in [-0.39, 0.29) is 54.4 Å². The molecule has 0 fully saturated rings. The third-order valence-corrected chi connectivity index (χ3v) is 8.24. The molecule has 1 N–H and O–H groups in total. The highest BCUT2D eigenvalue weighted by Gasteiger charge is 2.29. The Labute approximate surface area is 279 Å². The van der Waals surface area contributed by atoms with Crippen LogP contribution in [0.2, 0.25) is 0 Å². The number of esters is 2. The lowest BCUT2D eigenvalue weighted by molar-refractivity contribution is -0.144. The maximum Gasteiger partial charge on any atom is 0.305 e. The van der Waals surface area contributed by atoms with Crippen LogP contribution in [-0.2, 0) is 33.4 Å². The van der Waals surface area contributed by atoms with Gasteiger partial charge in [0.2, 0.25) is 11.6 Å². The van der Waals surface area contributed by atoms with Gasteiger partial charge < -0.3 is 19.5 Å². The molecule has 0 aromatic heterocycles. The molecule has 0 aromatic rings. The van der Waals surface area contributed by atoms with E-state index in [0.29, 0.717) is 44.6 Å². The minimum atomic E-state index is -0.341.